The third-order valence-corrected chi connectivity index (χ3v) is 5.32. The van der Waals surface area contributed by atoms with Gasteiger partial charge in [0.2, 0.25) is 0 Å². The molecule has 0 fully saturated rings. The van der Waals surface area contributed by atoms with Crippen LogP contribution in [0.3, 0.4) is 0 Å². The summed E-state index contributed by atoms with van der Waals surface area (Å²) in [6.45, 7) is 4.11. The number of halogens is 1. The SMILES string of the molecule is CC(CNC(=O)c1cccc(Cl)c1)Oc1cccc(CN(C)Cc2ccsc2)c1. The molecule has 29 heavy (non-hydrogen) atoms. The van der Waals surface area contributed by atoms with Crippen LogP contribution in [0.1, 0.15) is 28.4 Å². The quantitative estimate of drug-likeness (QED) is 0.507. The van der Waals surface area contributed by atoms with Crippen LogP contribution in [0.4, 0.5) is 0 Å². The fourth-order valence-corrected chi connectivity index (χ4v) is 3.87. The maximum absolute atomic E-state index is 12.2. The van der Waals surface area contributed by atoms with E-state index in [1.807, 2.05) is 19.1 Å². The lowest BCUT2D eigenvalue weighted by atomic mass is 10.2. The number of rotatable bonds is 9. The van der Waals surface area contributed by atoms with E-state index in [9.17, 15) is 4.79 Å². The number of amides is 1. The van der Waals surface area contributed by atoms with Crippen molar-refractivity contribution in [2.45, 2.75) is 26.1 Å². The van der Waals surface area contributed by atoms with Crippen LogP contribution in [0.2, 0.25) is 5.02 Å². The van der Waals surface area contributed by atoms with Crippen molar-refractivity contribution in [3.05, 3.63) is 87.1 Å². The molecule has 1 atom stereocenters. The number of carbonyl (C=O) groups excluding carboxylic acids is 1. The van der Waals surface area contributed by atoms with E-state index in [-0.39, 0.29) is 12.0 Å². The van der Waals surface area contributed by atoms with Crippen molar-refractivity contribution < 1.29 is 9.53 Å². The second-order valence-electron chi connectivity index (χ2n) is 7.10. The normalized spacial score (nSPS) is 12.0. The van der Waals surface area contributed by atoms with E-state index in [4.69, 9.17) is 16.3 Å². The highest BCUT2D eigenvalue weighted by atomic mass is 35.5. The van der Waals surface area contributed by atoms with Gasteiger partial charge in [-0.3, -0.25) is 9.69 Å². The minimum atomic E-state index is -0.160. The van der Waals surface area contributed by atoms with Crippen LogP contribution in [0.15, 0.2) is 65.4 Å². The molecule has 0 radical (unpaired) electrons. The Hall–Kier alpha value is -2.34. The number of ether oxygens (including phenoxy) is 1. The lowest BCUT2D eigenvalue weighted by Crippen LogP contribution is -2.33. The number of nitrogens with zero attached hydrogens (tertiary/aromatic N) is 1. The van der Waals surface area contributed by atoms with E-state index in [1.54, 1.807) is 35.6 Å². The van der Waals surface area contributed by atoms with Crippen LogP contribution in [-0.2, 0) is 13.1 Å². The zero-order chi connectivity index (χ0) is 20.6. The number of thiophene rings is 1. The van der Waals surface area contributed by atoms with Gasteiger partial charge in [-0.2, -0.15) is 11.3 Å². The van der Waals surface area contributed by atoms with E-state index >= 15 is 0 Å². The molecule has 1 N–H and O–H groups in total. The largest absolute Gasteiger partial charge is 0.489 e. The predicted molar refractivity (Wildman–Crippen MR) is 120 cm³/mol. The molecule has 1 amide bonds. The average molecular weight is 429 g/mol. The van der Waals surface area contributed by atoms with Gasteiger partial charge in [-0.25, -0.2) is 0 Å². The van der Waals surface area contributed by atoms with Crippen LogP contribution in [0.5, 0.6) is 5.75 Å². The van der Waals surface area contributed by atoms with Crippen LogP contribution in [-0.4, -0.2) is 30.5 Å². The van der Waals surface area contributed by atoms with Gasteiger partial charge in [0.05, 0.1) is 6.54 Å². The van der Waals surface area contributed by atoms with Gasteiger partial charge in [0, 0.05) is 23.7 Å². The molecule has 1 heterocycles. The van der Waals surface area contributed by atoms with E-state index in [2.05, 4.69) is 46.2 Å². The zero-order valence-corrected chi connectivity index (χ0v) is 18.2. The number of nitrogens with one attached hydrogen (secondary N) is 1. The second kappa shape index (κ2) is 10.4. The fraction of sp³-hybridized carbons (Fsp3) is 0.261. The topological polar surface area (TPSA) is 41.6 Å². The van der Waals surface area contributed by atoms with E-state index in [0.29, 0.717) is 17.1 Å². The van der Waals surface area contributed by atoms with Gasteiger partial charge in [0.25, 0.3) is 5.91 Å². The van der Waals surface area contributed by atoms with Crippen LogP contribution >= 0.6 is 22.9 Å². The van der Waals surface area contributed by atoms with Crippen molar-refractivity contribution in [3.8, 4) is 5.75 Å². The van der Waals surface area contributed by atoms with Gasteiger partial charge in [0.1, 0.15) is 11.9 Å². The van der Waals surface area contributed by atoms with Gasteiger partial charge < -0.3 is 10.1 Å². The average Bonchev–Trinajstić information content (AvgIpc) is 3.19. The van der Waals surface area contributed by atoms with Crippen molar-refractivity contribution >= 4 is 28.8 Å². The summed E-state index contributed by atoms with van der Waals surface area (Å²) in [5.41, 5.74) is 3.06. The third kappa shape index (κ3) is 6.89. The summed E-state index contributed by atoms with van der Waals surface area (Å²) in [5, 5.41) is 7.71. The molecule has 2 aromatic carbocycles. The molecule has 0 bridgehead atoms. The van der Waals surface area contributed by atoms with Crippen LogP contribution in [0.25, 0.3) is 0 Å². The van der Waals surface area contributed by atoms with Gasteiger partial charge >= 0.3 is 0 Å². The van der Waals surface area contributed by atoms with Gasteiger partial charge in [-0.1, -0.05) is 29.8 Å². The summed E-state index contributed by atoms with van der Waals surface area (Å²) in [6, 6.07) is 17.1. The van der Waals surface area contributed by atoms with Gasteiger partial charge in [-0.15, -0.1) is 0 Å². The first-order chi connectivity index (χ1) is 14.0. The van der Waals surface area contributed by atoms with E-state index in [0.717, 1.165) is 18.8 Å². The molecule has 0 aliphatic rings. The molecule has 0 saturated heterocycles. The molecular formula is C23H25ClN2O2S. The zero-order valence-electron chi connectivity index (χ0n) is 16.6. The van der Waals surface area contributed by atoms with Crippen molar-refractivity contribution in [2.24, 2.45) is 0 Å². The van der Waals surface area contributed by atoms with Crippen LogP contribution in [0, 0.1) is 0 Å². The molecule has 0 spiro atoms. The lowest BCUT2D eigenvalue weighted by molar-refractivity contribution is 0.0932. The number of hydrogen-bond acceptors (Lipinski definition) is 4. The maximum Gasteiger partial charge on any atom is 0.251 e. The summed E-state index contributed by atoms with van der Waals surface area (Å²) in [4.78, 5) is 14.5. The van der Waals surface area contributed by atoms with Crippen LogP contribution < -0.4 is 10.1 Å². The number of carbonyl (C=O) groups is 1. The van der Waals surface area contributed by atoms with Crippen molar-refractivity contribution in [1.29, 1.82) is 0 Å². The van der Waals surface area contributed by atoms with Gasteiger partial charge in [-0.05, 0) is 72.3 Å². The Kier molecular flexibility index (Phi) is 7.69. The molecule has 3 aromatic rings. The molecule has 1 aromatic heterocycles. The maximum atomic E-state index is 12.2. The van der Waals surface area contributed by atoms with E-state index in [1.165, 1.54) is 11.1 Å². The summed E-state index contributed by atoms with van der Waals surface area (Å²) in [5.74, 6) is 0.641. The van der Waals surface area contributed by atoms with Crippen molar-refractivity contribution in [3.63, 3.8) is 0 Å². The number of hydrogen-bond donors (Lipinski definition) is 1. The Morgan fingerprint density at radius 3 is 2.69 bits per heavy atom. The summed E-state index contributed by atoms with van der Waals surface area (Å²) < 4.78 is 5.99. The third-order valence-electron chi connectivity index (χ3n) is 4.36. The monoisotopic (exact) mass is 428 g/mol. The van der Waals surface area contributed by atoms with E-state index < -0.39 is 0 Å². The second-order valence-corrected chi connectivity index (χ2v) is 8.32. The van der Waals surface area contributed by atoms with Crippen molar-refractivity contribution in [2.75, 3.05) is 13.6 Å². The Morgan fingerprint density at radius 1 is 1.14 bits per heavy atom. The first kappa shape index (κ1) is 21.4. The summed E-state index contributed by atoms with van der Waals surface area (Å²) >= 11 is 7.66. The highest BCUT2D eigenvalue weighted by Gasteiger charge is 2.10. The molecule has 1 unspecified atom stereocenters. The Morgan fingerprint density at radius 2 is 1.93 bits per heavy atom. The number of benzene rings is 2. The highest BCUT2D eigenvalue weighted by molar-refractivity contribution is 7.07. The Labute approximate surface area is 181 Å². The molecule has 152 valence electrons. The summed E-state index contributed by atoms with van der Waals surface area (Å²) in [7, 11) is 2.11. The molecule has 0 saturated carbocycles. The molecular weight excluding hydrogens is 404 g/mol. The minimum absolute atomic E-state index is 0.156. The lowest BCUT2D eigenvalue weighted by Gasteiger charge is -2.18. The molecule has 0 aliphatic carbocycles. The molecule has 4 nitrogen and oxygen atoms in total. The molecule has 3 rings (SSSR count). The molecule has 6 heteroatoms. The highest BCUT2D eigenvalue weighted by Crippen LogP contribution is 2.17. The Balaban J connectivity index is 1.49. The fourth-order valence-electron chi connectivity index (χ4n) is 3.02. The first-order valence-corrected chi connectivity index (χ1v) is 10.8. The summed E-state index contributed by atoms with van der Waals surface area (Å²) in [6.07, 6.45) is -0.156. The van der Waals surface area contributed by atoms with Gasteiger partial charge in [0.15, 0.2) is 0 Å². The smallest absolute Gasteiger partial charge is 0.251 e. The van der Waals surface area contributed by atoms with Crippen molar-refractivity contribution in [1.82, 2.24) is 10.2 Å². The first-order valence-electron chi connectivity index (χ1n) is 9.48. The molecule has 0 aliphatic heterocycles. The predicted octanol–water partition coefficient (Wildman–Crippen LogP) is 5.23. The minimum Gasteiger partial charge on any atom is -0.489 e. The Bertz CT molecular complexity index is 930. The standard InChI is InChI=1S/C23H25ClN2O2S/c1-17(13-25-23(27)20-6-4-7-21(24)12-20)28-22-8-3-5-18(11-22)14-26(2)15-19-9-10-29-16-19/h3-12,16-17H,13-15H2,1-2H3,(H,25,27).